The summed E-state index contributed by atoms with van der Waals surface area (Å²) in [5.41, 5.74) is 2.10. The van der Waals surface area contributed by atoms with Crippen molar-refractivity contribution in [3.63, 3.8) is 0 Å². The van der Waals surface area contributed by atoms with E-state index in [1.807, 2.05) is 38.1 Å². The standard InChI is InChI=1S/C15H20N2O4/c1-10-5-3-4-6-12(10)11(2)16-15(20)17-7-8-21-9-13(17)14(18)19/h3-6,11,13H,7-9H2,1-2H3,(H,16,20)(H,18,19). The van der Waals surface area contributed by atoms with Gasteiger partial charge in [-0.05, 0) is 25.0 Å². The van der Waals surface area contributed by atoms with Gasteiger partial charge in [-0.2, -0.15) is 0 Å². The Hall–Kier alpha value is -2.08. The maximum Gasteiger partial charge on any atom is 0.328 e. The van der Waals surface area contributed by atoms with Gasteiger partial charge in [-0.3, -0.25) is 0 Å². The number of aryl methyl sites for hydroxylation is 1. The maximum atomic E-state index is 12.3. The van der Waals surface area contributed by atoms with Gasteiger partial charge in [-0.1, -0.05) is 24.3 Å². The molecular weight excluding hydrogens is 272 g/mol. The number of amides is 2. The number of ether oxygens (including phenoxy) is 1. The fourth-order valence-corrected chi connectivity index (χ4v) is 2.47. The second-order valence-electron chi connectivity index (χ2n) is 5.15. The fraction of sp³-hybridized carbons (Fsp3) is 0.467. The van der Waals surface area contributed by atoms with Crippen LogP contribution < -0.4 is 5.32 Å². The molecular formula is C15H20N2O4. The van der Waals surface area contributed by atoms with Gasteiger partial charge in [0.15, 0.2) is 6.04 Å². The van der Waals surface area contributed by atoms with Crippen molar-refractivity contribution in [3.8, 4) is 0 Å². The molecule has 1 aliphatic heterocycles. The van der Waals surface area contributed by atoms with Gasteiger partial charge in [0.1, 0.15) is 0 Å². The predicted octanol–water partition coefficient (Wildman–Crippen LogP) is 1.55. The highest BCUT2D eigenvalue weighted by molar-refractivity contribution is 5.83. The third kappa shape index (κ3) is 3.52. The van der Waals surface area contributed by atoms with Gasteiger partial charge in [0.05, 0.1) is 19.3 Å². The van der Waals surface area contributed by atoms with E-state index in [1.165, 1.54) is 4.90 Å². The summed E-state index contributed by atoms with van der Waals surface area (Å²) in [7, 11) is 0. The molecule has 2 unspecified atom stereocenters. The number of aliphatic carboxylic acids is 1. The highest BCUT2D eigenvalue weighted by Gasteiger charge is 2.33. The lowest BCUT2D eigenvalue weighted by molar-refractivity contribution is -0.147. The minimum absolute atomic E-state index is 0.0293. The molecule has 0 aromatic heterocycles. The Bertz CT molecular complexity index is 532. The summed E-state index contributed by atoms with van der Waals surface area (Å²) in [6.07, 6.45) is 0. The van der Waals surface area contributed by atoms with Gasteiger partial charge in [0.2, 0.25) is 0 Å². The highest BCUT2D eigenvalue weighted by Crippen LogP contribution is 2.17. The molecule has 2 rings (SSSR count). The molecule has 0 aliphatic carbocycles. The Morgan fingerprint density at radius 2 is 2.14 bits per heavy atom. The normalized spacial score (nSPS) is 19.9. The summed E-state index contributed by atoms with van der Waals surface area (Å²) in [6, 6.07) is 6.30. The first-order valence-electron chi connectivity index (χ1n) is 6.94. The van der Waals surface area contributed by atoms with Crippen molar-refractivity contribution >= 4 is 12.0 Å². The van der Waals surface area contributed by atoms with Crippen LogP contribution in [-0.4, -0.2) is 47.8 Å². The molecule has 2 N–H and O–H groups in total. The lowest BCUT2D eigenvalue weighted by Gasteiger charge is -2.33. The van der Waals surface area contributed by atoms with Crippen LogP contribution in [0.2, 0.25) is 0 Å². The number of carboxylic acids is 1. The van der Waals surface area contributed by atoms with Crippen LogP contribution in [0.15, 0.2) is 24.3 Å². The van der Waals surface area contributed by atoms with Crippen LogP contribution in [0, 0.1) is 6.92 Å². The molecule has 1 saturated heterocycles. The molecule has 1 fully saturated rings. The van der Waals surface area contributed by atoms with Crippen LogP contribution in [0.4, 0.5) is 4.79 Å². The van der Waals surface area contributed by atoms with Crippen LogP contribution in [-0.2, 0) is 9.53 Å². The first-order valence-corrected chi connectivity index (χ1v) is 6.94. The minimum Gasteiger partial charge on any atom is -0.480 e. The zero-order valence-electron chi connectivity index (χ0n) is 12.2. The predicted molar refractivity (Wildman–Crippen MR) is 77.1 cm³/mol. The number of hydrogen-bond acceptors (Lipinski definition) is 3. The van der Waals surface area contributed by atoms with Gasteiger partial charge in [-0.15, -0.1) is 0 Å². The molecule has 0 radical (unpaired) electrons. The number of carbonyl (C=O) groups excluding carboxylic acids is 1. The lowest BCUT2D eigenvalue weighted by atomic mass is 10.0. The van der Waals surface area contributed by atoms with Crippen molar-refractivity contribution in [2.75, 3.05) is 19.8 Å². The number of rotatable bonds is 3. The number of nitrogens with one attached hydrogen (secondary N) is 1. The smallest absolute Gasteiger partial charge is 0.328 e. The van der Waals surface area contributed by atoms with Gasteiger partial charge in [0, 0.05) is 6.54 Å². The maximum absolute atomic E-state index is 12.3. The highest BCUT2D eigenvalue weighted by atomic mass is 16.5. The third-order valence-corrected chi connectivity index (χ3v) is 3.67. The van der Waals surface area contributed by atoms with E-state index in [0.29, 0.717) is 6.61 Å². The topological polar surface area (TPSA) is 78.9 Å². The lowest BCUT2D eigenvalue weighted by Crippen LogP contribution is -2.55. The molecule has 0 spiro atoms. The van der Waals surface area contributed by atoms with Crippen molar-refractivity contribution in [2.45, 2.75) is 25.9 Å². The van der Waals surface area contributed by atoms with E-state index in [4.69, 9.17) is 9.84 Å². The van der Waals surface area contributed by atoms with E-state index in [2.05, 4.69) is 5.32 Å². The van der Waals surface area contributed by atoms with E-state index in [9.17, 15) is 9.59 Å². The Balaban J connectivity index is 2.06. The summed E-state index contributed by atoms with van der Waals surface area (Å²) in [5, 5.41) is 12.0. The van der Waals surface area contributed by atoms with E-state index in [0.717, 1.165) is 11.1 Å². The molecule has 0 saturated carbocycles. The molecule has 1 aliphatic rings. The average molecular weight is 292 g/mol. The Labute approximate surface area is 123 Å². The van der Waals surface area contributed by atoms with E-state index < -0.39 is 12.0 Å². The summed E-state index contributed by atoms with van der Waals surface area (Å²) in [5.74, 6) is -1.05. The molecule has 0 bridgehead atoms. The van der Waals surface area contributed by atoms with E-state index in [1.54, 1.807) is 0 Å². The number of morpholine rings is 1. The van der Waals surface area contributed by atoms with Crippen LogP contribution in [0.3, 0.4) is 0 Å². The van der Waals surface area contributed by atoms with Gasteiger partial charge < -0.3 is 20.1 Å². The monoisotopic (exact) mass is 292 g/mol. The largest absolute Gasteiger partial charge is 0.480 e. The van der Waals surface area contributed by atoms with Crippen molar-refractivity contribution in [1.82, 2.24) is 10.2 Å². The summed E-state index contributed by atoms with van der Waals surface area (Å²) in [6.45, 7) is 4.53. The van der Waals surface area contributed by atoms with Crippen LogP contribution in [0.5, 0.6) is 0 Å². The van der Waals surface area contributed by atoms with Gasteiger partial charge in [0.25, 0.3) is 0 Å². The zero-order valence-corrected chi connectivity index (χ0v) is 12.2. The van der Waals surface area contributed by atoms with Gasteiger partial charge in [-0.25, -0.2) is 9.59 Å². The summed E-state index contributed by atoms with van der Waals surface area (Å²) < 4.78 is 5.13. The van der Waals surface area contributed by atoms with Crippen molar-refractivity contribution in [3.05, 3.63) is 35.4 Å². The van der Waals surface area contributed by atoms with E-state index in [-0.39, 0.29) is 25.2 Å². The quantitative estimate of drug-likeness (QED) is 0.886. The van der Waals surface area contributed by atoms with Crippen molar-refractivity contribution in [1.29, 1.82) is 0 Å². The molecule has 6 nitrogen and oxygen atoms in total. The minimum atomic E-state index is -1.05. The SMILES string of the molecule is Cc1ccccc1C(C)NC(=O)N1CCOCC1C(=O)O. The van der Waals surface area contributed by atoms with Gasteiger partial charge >= 0.3 is 12.0 Å². The molecule has 1 aromatic rings. The molecule has 1 heterocycles. The molecule has 2 atom stereocenters. The summed E-state index contributed by atoms with van der Waals surface area (Å²) in [4.78, 5) is 24.8. The molecule has 6 heteroatoms. The number of urea groups is 1. The summed E-state index contributed by atoms with van der Waals surface area (Å²) >= 11 is 0. The van der Waals surface area contributed by atoms with E-state index >= 15 is 0 Å². The fourth-order valence-electron chi connectivity index (χ4n) is 2.47. The number of carbonyl (C=O) groups is 2. The molecule has 1 aromatic carbocycles. The molecule has 2 amide bonds. The number of hydrogen-bond donors (Lipinski definition) is 2. The molecule has 21 heavy (non-hydrogen) atoms. The Kier molecular flexibility index (Phi) is 4.80. The third-order valence-electron chi connectivity index (χ3n) is 3.67. The van der Waals surface area contributed by atoms with Crippen LogP contribution in [0.1, 0.15) is 24.1 Å². The number of benzene rings is 1. The molecule has 114 valence electrons. The second kappa shape index (κ2) is 6.58. The van der Waals surface area contributed by atoms with Crippen LogP contribution >= 0.6 is 0 Å². The first-order chi connectivity index (χ1) is 10.0. The van der Waals surface area contributed by atoms with Crippen LogP contribution in [0.25, 0.3) is 0 Å². The average Bonchev–Trinajstić information content (AvgIpc) is 2.47. The second-order valence-corrected chi connectivity index (χ2v) is 5.15. The number of carboxylic acid groups (broad SMARTS) is 1. The van der Waals surface area contributed by atoms with Crippen molar-refractivity contribution in [2.24, 2.45) is 0 Å². The number of nitrogens with zero attached hydrogens (tertiary/aromatic N) is 1. The first kappa shape index (κ1) is 15.3. The van der Waals surface area contributed by atoms with Crippen molar-refractivity contribution < 1.29 is 19.4 Å². The Morgan fingerprint density at radius 1 is 1.43 bits per heavy atom. The Morgan fingerprint density at radius 3 is 2.81 bits per heavy atom. The zero-order chi connectivity index (χ0) is 15.4.